The molecular formula is C20H15N5O2S. The van der Waals surface area contributed by atoms with E-state index in [1.807, 2.05) is 59.2 Å². The highest BCUT2D eigenvalue weighted by molar-refractivity contribution is 7.99. The maximum Gasteiger partial charge on any atom is 0.203 e. The average Bonchev–Trinajstić information content (AvgIpc) is 3.18. The lowest BCUT2D eigenvalue weighted by atomic mass is 10.2. The van der Waals surface area contributed by atoms with E-state index in [1.165, 1.54) is 11.8 Å². The first-order chi connectivity index (χ1) is 13.9. The summed E-state index contributed by atoms with van der Waals surface area (Å²) in [4.78, 5) is 8.55. The van der Waals surface area contributed by atoms with E-state index in [4.69, 9.17) is 9.47 Å². The van der Waals surface area contributed by atoms with Gasteiger partial charge in [-0.2, -0.15) is 0 Å². The highest BCUT2D eigenvalue weighted by Gasteiger charge is 2.29. The summed E-state index contributed by atoms with van der Waals surface area (Å²) in [6, 6.07) is 19.3. The smallest absolute Gasteiger partial charge is 0.203 e. The second-order valence-electron chi connectivity index (χ2n) is 6.01. The van der Waals surface area contributed by atoms with Crippen LogP contribution in [0.15, 0.2) is 83.4 Å². The maximum absolute atomic E-state index is 6.15. The van der Waals surface area contributed by atoms with Crippen LogP contribution in [0.4, 0.5) is 0 Å². The van der Waals surface area contributed by atoms with E-state index in [0.29, 0.717) is 28.5 Å². The van der Waals surface area contributed by atoms with Crippen molar-refractivity contribution >= 4 is 11.8 Å². The van der Waals surface area contributed by atoms with Gasteiger partial charge in [-0.05, 0) is 42.1 Å². The Balaban J connectivity index is 1.55. The van der Waals surface area contributed by atoms with Crippen molar-refractivity contribution in [3.05, 3.63) is 78.9 Å². The van der Waals surface area contributed by atoms with E-state index in [1.54, 1.807) is 18.5 Å². The molecule has 0 saturated heterocycles. The fraction of sp³-hybridized carbons (Fsp3) is 0.100. The van der Waals surface area contributed by atoms with Crippen molar-refractivity contribution in [1.29, 1.82) is 0 Å². The molecule has 7 nitrogen and oxygen atoms in total. The fourth-order valence-electron chi connectivity index (χ4n) is 2.94. The zero-order chi connectivity index (χ0) is 18.8. The Kier molecular flexibility index (Phi) is 4.38. The van der Waals surface area contributed by atoms with Crippen LogP contribution >= 0.6 is 11.8 Å². The minimum absolute atomic E-state index is 0.356. The summed E-state index contributed by atoms with van der Waals surface area (Å²) in [5.41, 5.74) is 0.934. The van der Waals surface area contributed by atoms with Gasteiger partial charge in [0.05, 0.1) is 0 Å². The summed E-state index contributed by atoms with van der Waals surface area (Å²) in [6.45, 7) is 0.356. The number of hydrogen-bond donors (Lipinski definition) is 0. The van der Waals surface area contributed by atoms with Crippen LogP contribution in [0, 0.1) is 0 Å². The van der Waals surface area contributed by atoms with Gasteiger partial charge in [0.25, 0.3) is 0 Å². The van der Waals surface area contributed by atoms with Crippen molar-refractivity contribution in [3.8, 4) is 17.2 Å². The summed E-state index contributed by atoms with van der Waals surface area (Å²) in [6.07, 6.45) is 3.02. The molecule has 1 atom stereocenters. The molecule has 3 heterocycles. The first-order valence-corrected chi connectivity index (χ1v) is 9.54. The van der Waals surface area contributed by atoms with Crippen molar-refractivity contribution in [3.63, 3.8) is 0 Å². The number of rotatable bonds is 4. The highest BCUT2D eigenvalue weighted by Crippen LogP contribution is 2.37. The van der Waals surface area contributed by atoms with Crippen LogP contribution in [0.25, 0.3) is 5.69 Å². The molecule has 0 aliphatic carbocycles. The van der Waals surface area contributed by atoms with Crippen molar-refractivity contribution in [2.24, 2.45) is 0 Å². The minimum Gasteiger partial charge on any atom is -0.485 e. The van der Waals surface area contributed by atoms with E-state index < -0.39 is 0 Å². The van der Waals surface area contributed by atoms with Crippen LogP contribution in [0.5, 0.6) is 11.5 Å². The normalized spacial score (nSPS) is 15.4. The largest absolute Gasteiger partial charge is 0.485 e. The van der Waals surface area contributed by atoms with Gasteiger partial charge in [-0.1, -0.05) is 30.3 Å². The van der Waals surface area contributed by atoms with Crippen LogP contribution in [0.2, 0.25) is 0 Å². The molecule has 4 aromatic rings. The van der Waals surface area contributed by atoms with Crippen LogP contribution in [0.1, 0.15) is 11.9 Å². The predicted octanol–water partition coefficient (Wildman–Crippen LogP) is 3.72. The van der Waals surface area contributed by atoms with Crippen molar-refractivity contribution < 1.29 is 9.47 Å². The highest BCUT2D eigenvalue weighted by atomic mass is 32.2. The van der Waals surface area contributed by atoms with Gasteiger partial charge in [0, 0.05) is 18.1 Å². The first-order valence-electron chi connectivity index (χ1n) is 8.72. The molecule has 0 radical (unpaired) electrons. The minimum atomic E-state index is -0.381. The van der Waals surface area contributed by atoms with Crippen molar-refractivity contribution in [1.82, 2.24) is 24.7 Å². The van der Waals surface area contributed by atoms with E-state index >= 15 is 0 Å². The third-order valence-electron chi connectivity index (χ3n) is 4.19. The summed E-state index contributed by atoms with van der Waals surface area (Å²) >= 11 is 1.35. The Morgan fingerprint density at radius 3 is 2.43 bits per heavy atom. The molecule has 1 aliphatic rings. The van der Waals surface area contributed by atoms with Crippen LogP contribution < -0.4 is 9.47 Å². The number of ether oxygens (including phenoxy) is 2. The molecule has 0 spiro atoms. The first kappa shape index (κ1) is 16.8. The maximum atomic E-state index is 6.15. The molecule has 0 amide bonds. The topological polar surface area (TPSA) is 75.0 Å². The van der Waals surface area contributed by atoms with Gasteiger partial charge < -0.3 is 9.47 Å². The second kappa shape index (κ2) is 7.32. The van der Waals surface area contributed by atoms with E-state index in [9.17, 15) is 0 Å². The van der Waals surface area contributed by atoms with Gasteiger partial charge in [-0.3, -0.25) is 4.57 Å². The van der Waals surface area contributed by atoms with Crippen LogP contribution in [0.3, 0.4) is 0 Å². The lowest BCUT2D eigenvalue weighted by Gasteiger charge is -2.26. The Labute approximate surface area is 165 Å². The lowest BCUT2D eigenvalue weighted by Crippen LogP contribution is -2.24. The van der Waals surface area contributed by atoms with Gasteiger partial charge in [-0.25, -0.2) is 9.97 Å². The summed E-state index contributed by atoms with van der Waals surface area (Å²) in [5, 5.41) is 10.1. The Morgan fingerprint density at radius 1 is 0.857 bits per heavy atom. The molecule has 5 rings (SSSR count). The number of nitrogens with zero attached hydrogens (tertiary/aromatic N) is 5. The molecule has 2 aromatic heterocycles. The number of para-hydroxylation sites is 3. The molecule has 8 heteroatoms. The van der Waals surface area contributed by atoms with E-state index in [-0.39, 0.29) is 6.10 Å². The average molecular weight is 389 g/mol. The van der Waals surface area contributed by atoms with Crippen molar-refractivity contribution in [2.75, 3.05) is 6.61 Å². The van der Waals surface area contributed by atoms with Gasteiger partial charge in [0.2, 0.25) is 5.16 Å². The standard InChI is InChI=1S/C20H15N5O2S/c1-2-7-14(8-3-1)25-18(17-13-26-15-9-4-5-10-16(15)27-17)23-24-20(25)28-19-21-11-6-12-22-19/h1-12,17H,13H2/t17-/m0/s1. The second-order valence-corrected chi connectivity index (χ2v) is 6.94. The molecule has 1 aliphatic heterocycles. The Bertz CT molecular complexity index is 1090. The fourth-order valence-corrected chi connectivity index (χ4v) is 3.70. The lowest BCUT2D eigenvalue weighted by molar-refractivity contribution is 0.0835. The zero-order valence-electron chi connectivity index (χ0n) is 14.7. The molecule has 0 fully saturated rings. The van der Waals surface area contributed by atoms with E-state index in [0.717, 1.165) is 11.4 Å². The van der Waals surface area contributed by atoms with Crippen LogP contribution in [-0.4, -0.2) is 31.3 Å². The van der Waals surface area contributed by atoms with Gasteiger partial charge in [-0.15, -0.1) is 10.2 Å². The molecule has 0 bridgehead atoms. The van der Waals surface area contributed by atoms with Crippen molar-refractivity contribution in [2.45, 2.75) is 16.4 Å². The Morgan fingerprint density at radius 2 is 1.61 bits per heavy atom. The molecule has 138 valence electrons. The molecule has 0 unspecified atom stereocenters. The zero-order valence-corrected chi connectivity index (χ0v) is 15.5. The molecule has 0 N–H and O–H groups in total. The quantitative estimate of drug-likeness (QED) is 0.492. The number of fused-ring (bicyclic) bond motifs is 1. The van der Waals surface area contributed by atoms with Crippen LogP contribution in [-0.2, 0) is 0 Å². The van der Waals surface area contributed by atoms with Gasteiger partial charge in [0.15, 0.2) is 28.6 Å². The molecule has 0 saturated carbocycles. The summed E-state index contributed by atoms with van der Waals surface area (Å²) in [7, 11) is 0. The number of hydrogen-bond acceptors (Lipinski definition) is 7. The monoisotopic (exact) mass is 389 g/mol. The predicted molar refractivity (Wildman–Crippen MR) is 103 cm³/mol. The molecule has 28 heavy (non-hydrogen) atoms. The SMILES string of the molecule is c1ccc(-n2c(Sc3ncccn3)nnc2[C@@H]2COc3ccccc3O2)cc1. The van der Waals surface area contributed by atoms with Gasteiger partial charge >= 0.3 is 0 Å². The van der Waals surface area contributed by atoms with E-state index in [2.05, 4.69) is 20.2 Å². The molecule has 2 aromatic carbocycles. The number of benzene rings is 2. The third-order valence-corrected chi connectivity index (χ3v) is 5.03. The third kappa shape index (κ3) is 3.18. The number of aromatic nitrogens is 5. The Hall–Kier alpha value is -3.39. The summed E-state index contributed by atoms with van der Waals surface area (Å²) < 4.78 is 14.0. The van der Waals surface area contributed by atoms with Gasteiger partial charge in [0.1, 0.15) is 6.61 Å². The molecular weight excluding hydrogens is 374 g/mol. The summed E-state index contributed by atoms with van der Waals surface area (Å²) in [5.74, 6) is 2.10.